The number of thiazole rings is 1. The van der Waals surface area contributed by atoms with Crippen LogP contribution in [0.25, 0.3) is 0 Å². The smallest absolute Gasteiger partial charge is 0.242 e. The lowest BCUT2D eigenvalue weighted by molar-refractivity contribution is 0.581. The molecule has 2 heterocycles. The van der Waals surface area contributed by atoms with E-state index in [2.05, 4.69) is 31.0 Å². The van der Waals surface area contributed by atoms with Crippen LogP contribution in [0.2, 0.25) is 0 Å². The number of hydrogen-bond donors (Lipinski definition) is 2. The van der Waals surface area contributed by atoms with Gasteiger partial charge in [0, 0.05) is 22.5 Å². The van der Waals surface area contributed by atoms with E-state index in [1.54, 1.807) is 6.07 Å². The van der Waals surface area contributed by atoms with Crippen molar-refractivity contribution in [1.82, 2.24) is 15.0 Å². The van der Waals surface area contributed by atoms with Gasteiger partial charge in [0.2, 0.25) is 10.0 Å². The Morgan fingerprint density at radius 3 is 2.75 bits per heavy atom. The quantitative estimate of drug-likeness (QED) is 0.787. The van der Waals surface area contributed by atoms with E-state index in [0.717, 1.165) is 15.6 Å². The zero-order chi connectivity index (χ0) is 14.8. The van der Waals surface area contributed by atoms with Gasteiger partial charge in [0.15, 0.2) is 0 Å². The molecule has 0 fully saturated rings. The van der Waals surface area contributed by atoms with E-state index < -0.39 is 10.0 Å². The van der Waals surface area contributed by atoms with Gasteiger partial charge in [0.05, 0.1) is 10.3 Å². The second kappa shape index (κ2) is 6.63. The van der Waals surface area contributed by atoms with Crippen LogP contribution in [-0.2, 0) is 23.1 Å². The van der Waals surface area contributed by atoms with Gasteiger partial charge in [-0.3, -0.25) is 0 Å². The largest absolute Gasteiger partial charge is 0.315 e. The third-order valence-corrected chi connectivity index (χ3v) is 7.05. The molecular formula is C11H14BrN3O2S3. The zero-order valence-electron chi connectivity index (χ0n) is 10.9. The van der Waals surface area contributed by atoms with E-state index in [1.807, 2.05) is 19.4 Å². The number of aromatic nitrogens is 1. The standard InChI is InChI=1S/C11H14BrN3O2S3/c1-7-6-18-10(15-7)5-14-20(16,17)9-3-8(4-13-2)19-11(9)12/h3,6,13-14H,4-5H2,1-2H3. The highest BCUT2D eigenvalue weighted by atomic mass is 79.9. The summed E-state index contributed by atoms with van der Waals surface area (Å²) in [6, 6.07) is 1.68. The van der Waals surface area contributed by atoms with Crippen molar-refractivity contribution in [2.45, 2.75) is 24.9 Å². The maximum atomic E-state index is 12.3. The maximum absolute atomic E-state index is 12.3. The Morgan fingerprint density at radius 2 is 2.15 bits per heavy atom. The third kappa shape index (κ3) is 3.86. The summed E-state index contributed by atoms with van der Waals surface area (Å²) >= 11 is 6.17. The molecule has 2 rings (SSSR count). The summed E-state index contributed by atoms with van der Waals surface area (Å²) in [4.78, 5) is 5.48. The Labute approximate surface area is 134 Å². The average Bonchev–Trinajstić information content (AvgIpc) is 2.94. The van der Waals surface area contributed by atoms with Gasteiger partial charge >= 0.3 is 0 Å². The molecule has 0 radical (unpaired) electrons. The zero-order valence-corrected chi connectivity index (χ0v) is 15.0. The lowest BCUT2D eigenvalue weighted by Crippen LogP contribution is -2.23. The van der Waals surface area contributed by atoms with Crippen molar-refractivity contribution in [1.29, 1.82) is 0 Å². The average molecular weight is 396 g/mol. The number of thiophene rings is 1. The van der Waals surface area contributed by atoms with Crippen LogP contribution in [-0.4, -0.2) is 20.4 Å². The summed E-state index contributed by atoms with van der Waals surface area (Å²) < 4.78 is 27.7. The summed E-state index contributed by atoms with van der Waals surface area (Å²) in [5, 5.41) is 5.66. The van der Waals surface area contributed by atoms with Crippen LogP contribution in [0.1, 0.15) is 15.6 Å². The molecule has 0 saturated heterocycles. The molecule has 0 aliphatic heterocycles. The van der Waals surface area contributed by atoms with E-state index in [-0.39, 0.29) is 11.4 Å². The van der Waals surface area contributed by atoms with Gasteiger partial charge in [-0.2, -0.15) is 0 Å². The van der Waals surface area contributed by atoms with E-state index in [0.29, 0.717) is 10.3 Å². The Hall–Kier alpha value is -0.320. The molecule has 2 aromatic rings. The first-order valence-electron chi connectivity index (χ1n) is 5.76. The number of rotatable bonds is 6. The Bertz CT molecular complexity index is 694. The molecule has 0 unspecified atom stereocenters. The van der Waals surface area contributed by atoms with E-state index in [4.69, 9.17) is 0 Å². The van der Waals surface area contributed by atoms with Crippen LogP contribution < -0.4 is 10.0 Å². The van der Waals surface area contributed by atoms with Crippen LogP contribution in [0.3, 0.4) is 0 Å². The summed E-state index contributed by atoms with van der Waals surface area (Å²) in [5.41, 5.74) is 0.900. The molecule has 0 aromatic carbocycles. The lowest BCUT2D eigenvalue weighted by Gasteiger charge is -2.03. The van der Waals surface area contributed by atoms with Gasteiger partial charge in [-0.25, -0.2) is 18.1 Å². The fraction of sp³-hybridized carbons (Fsp3) is 0.364. The highest BCUT2D eigenvalue weighted by Gasteiger charge is 2.21. The van der Waals surface area contributed by atoms with Crippen molar-refractivity contribution < 1.29 is 8.42 Å². The Balaban J connectivity index is 2.13. The number of hydrogen-bond acceptors (Lipinski definition) is 6. The first-order valence-corrected chi connectivity index (χ1v) is 9.73. The molecule has 0 amide bonds. The van der Waals surface area contributed by atoms with E-state index in [9.17, 15) is 8.42 Å². The monoisotopic (exact) mass is 395 g/mol. The second-order valence-corrected chi connectivity index (χ2v) is 9.22. The topological polar surface area (TPSA) is 71.1 Å². The molecule has 9 heteroatoms. The van der Waals surface area contributed by atoms with Crippen molar-refractivity contribution in [3.8, 4) is 0 Å². The molecular weight excluding hydrogens is 382 g/mol. The molecule has 0 saturated carbocycles. The maximum Gasteiger partial charge on any atom is 0.242 e. The highest BCUT2D eigenvalue weighted by molar-refractivity contribution is 9.11. The fourth-order valence-corrected chi connectivity index (χ4v) is 6.04. The third-order valence-electron chi connectivity index (χ3n) is 2.43. The fourth-order valence-electron chi connectivity index (χ4n) is 1.56. The summed E-state index contributed by atoms with van der Waals surface area (Å²) in [5.74, 6) is 0. The molecule has 110 valence electrons. The van der Waals surface area contributed by atoms with Crippen molar-refractivity contribution in [3.05, 3.63) is 30.8 Å². The van der Waals surface area contributed by atoms with Crippen LogP contribution in [0, 0.1) is 6.92 Å². The summed E-state index contributed by atoms with van der Waals surface area (Å²) in [6.45, 7) is 2.74. The Morgan fingerprint density at radius 1 is 1.40 bits per heavy atom. The molecule has 0 aliphatic carbocycles. The van der Waals surface area contributed by atoms with Crippen LogP contribution in [0.5, 0.6) is 0 Å². The molecule has 0 aliphatic rings. The highest BCUT2D eigenvalue weighted by Crippen LogP contribution is 2.31. The number of halogens is 1. The van der Waals surface area contributed by atoms with Gasteiger partial charge < -0.3 is 5.32 Å². The second-order valence-electron chi connectivity index (χ2n) is 4.09. The molecule has 2 N–H and O–H groups in total. The minimum absolute atomic E-state index is 0.213. The van der Waals surface area contributed by atoms with Gasteiger partial charge in [-0.05, 0) is 36.0 Å². The SMILES string of the molecule is CNCc1cc(S(=O)(=O)NCc2nc(C)cs2)c(Br)s1. The van der Waals surface area contributed by atoms with Gasteiger partial charge in [-0.15, -0.1) is 22.7 Å². The molecule has 5 nitrogen and oxygen atoms in total. The lowest BCUT2D eigenvalue weighted by atomic mass is 10.5. The van der Waals surface area contributed by atoms with Crippen molar-refractivity contribution >= 4 is 48.6 Å². The number of nitrogens with zero attached hydrogens (tertiary/aromatic N) is 1. The molecule has 0 spiro atoms. The van der Waals surface area contributed by atoms with Crippen LogP contribution >= 0.6 is 38.6 Å². The first kappa shape index (κ1) is 16.1. The first-order chi connectivity index (χ1) is 9.42. The minimum atomic E-state index is -3.52. The predicted octanol–water partition coefficient (Wildman–Crippen LogP) is 2.47. The van der Waals surface area contributed by atoms with Crippen LogP contribution in [0.15, 0.2) is 20.1 Å². The minimum Gasteiger partial charge on any atom is -0.315 e. The molecule has 0 atom stereocenters. The Kier molecular flexibility index (Phi) is 5.32. The normalized spacial score (nSPS) is 11.9. The number of aryl methyl sites for hydroxylation is 1. The molecule has 2 aromatic heterocycles. The summed E-state index contributed by atoms with van der Waals surface area (Å²) in [7, 11) is -1.70. The van der Waals surface area contributed by atoms with Gasteiger partial charge in [-0.1, -0.05) is 0 Å². The van der Waals surface area contributed by atoms with Crippen molar-refractivity contribution in [2.24, 2.45) is 0 Å². The number of sulfonamides is 1. The van der Waals surface area contributed by atoms with Gasteiger partial charge in [0.25, 0.3) is 0 Å². The number of nitrogens with one attached hydrogen (secondary N) is 2. The van der Waals surface area contributed by atoms with Crippen molar-refractivity contribution in [2.75, 3.05) is 7.05 Å². The summed E-state index contributed by atoms with van der Waals surface area (Å²) in [6.07, 6.45) is 0. The molecule has 0 bridgehead atoms. The predicted molar refractivity (Wildman–Crippen MR) is 85.7 cm³/mol. The van der Waals surface area contributed by atoms with E-state index >= 15 is 0 Å². The molecule has 20 heavy (non-hydrogen) atoms. The van der Waals surface area contributed by atoms with Gasteiger partial charge in [0.1, 0.15) is 9.90 Å². The van der Waals surface area contributed by atoms with Crippen LogP contribution in [0.4, 0.5) is 0 Å². The van der Waals surface area contributed by atoms with Crippen molar-refractivity contribution in [3.63, 3.8) is 0 Å². The van der Waals surface area contributed by atoms with E-state index in [1.165, 1.54) is 22.7 Å².